The number of rotatable bonds is 3. The molecular formula is C20H19N5. The lowest BCUT2D eigenvalue weighted by Crippen LogP contribution is -2.07. The molecule has 4 aromatic rings. The smallest absolute Gasteiger partial charge is 0.154 e. The standard InChI is InChI=1S/C20H19N5/c1-13-5-3-8-20(23-13)25-19-11-15(9-10-16(19)12-22-25)18-7-4-6-17(24-18)14(2)21/h3-12,14H,21H2,1-2H3. The summed E-state index contributed by atoms with van der Waals surface area (Å²) in [5.74, 6) is 0.810. The summed E-state index contributed by atoms with van der Waals surface area (Å²) in [5, 5.41) is 5.57. The van der Waals surface area contributed by atoms with Crippen molar-refractivity contribution >= 4 is 10.9 Å². The van der Waals surface area contributed by atoms with E-state index >= 15 is 0 Å². The average molecular weight is 329 g/mol. The third-order valence-electron chi connectivity index (χ3n) is 4.19. The van der Waals surface area contributed by atoms with E-state index in [0.29, 0.717) is 0 Å². The van der Waals surface area contributed by atoms with E-state index in [1.54, 1.807) is 0 Å². The summed E-state index contributed by atoms with van der Waals surface area (Å²) < 4.78 is 1.86. The third-order valence-corrected chi connectivity index (χ3v) is 4.19. The van der Waals surface area contributed by atoms with Crippen LogP contribution in [0.4, 0.5) is 0 Å². The SMILES string of the molecule is Cc1cccc(-n2ncc3ccc(-c4cccc(C(C)N)n4)cc32)n1. The second kappa shape index (κ2) is 6.11. The van der Waals surface area contributed by atoms with Crippen LogP contribution in [-0.2, 0) is 0 Å². The van der Waals surface area contributed by atoms with E-state index < -0.39 is 0 Å². The van der Waals surface area contributed by atoms with Crippen molar-refractivity contribution in [2.75, 3.05) is 0 Å². The van der Waals surface area contributed by atoms with Gasteiger partial charge in [-0.1, -0.05) is 24.3 Å². The van der Waals surface area contributed by atoms with Crippen LogP contribution in [0.2, 0.25) is 0 Å². The zero-order valence-electron chi connectivity index (χ0n) is 14.2. The first-order chi connectivity index (χ1) is 12.1. The average Bonchev–Trinajstić information content (AvgIpc) is 3.05. The van der Waals surface area contributed by atoms with Crippen LogP contribution in [0.15, 0.2) is 60.8 Å². The monoisotopic (exact) mass is 329 g/mol. The van der Waals surface area contributed by atoms with Crippen molar-refractivity contribution < 1.29 is 0 Å². The molecule has 124 valence electrons. The maximum atomic E-state index is 5.96. The fourth-order valence-electron chi connectivity index (χ4n) is 2.87. The first-order valence-corrected chi connectivity index (χ1v) is 8.26. The topological polar surface area (TPSA) is 69.6 Å². The largest absolute Gasteiger partial charge is 0.323 e. The van der Waals surface area contributed by atoms with Gasteiger partial charge in [-0.05, 0) is 44.2 Å². The summed E-state index contributed by atoms with van der Waals surface area (Å²) in [6.45, 7) is 3.91. The molecule has 25 heavy (non-hydrogen) atoms. The van der Waals surface area contributed by atoms with Gasteiger partial charge in [-0.25, -0.2) is 9.67 Å². The van der Waals surface area contributed by atoms with Crippen LogP contribution in [0.1, 0.15) is 24.4 Å². The van der Waals surface area contributed by atoms with Crippen LogP contribution in [0.3, 0.4) is 0 Å². The third kappa shape index (κ3) is 2.90. The molecule has 0 saturated carbocycles. The maximum absolute atomic E-state index is 5.96. The van der Waals surface area contributed by atoms with Crippen molar-refractivity contribution in [3.63, 3.8) is 0 Å². The first kappa shape index (κ1) is 15.5. The Kier molecular flexibility index (Phi) is 3.78. The second-order valence-corrected chi connectivity index (χ2v) is 6.20. The van der Waals surface area contributed by atoms with E-state index in [1.807, 2.05) is 61.1 Å². The van der Waals surface area contributed by atoms with E-state index in [2.05, 4.69) is 33.3 Å². The van der Waals surface area contributed by atoms with Crippen LogP contribution in [0.5, 0.6) is 0 Å². The lowest BCUT2D eigenvalue weighted by atomic mass is 10.1. The Morgan fingerprint density at radius 3 is 2.64 bits per heavy atom. The first-order valence-electron chi connectivity index (χ1n) is 8.26. The molecule has 3 aromatic heterocycles. The molecular weight excluding hydrogens is 310 g/mol. The van der Waals surface area contributed by atoms with E-state index in [0.717, 1.165) is 39.4 Å². The maximum Gasteiger partial charge on any atom is 0.154 e. The molecule has 0 spiro atoms. The van der Waals surface area contributed by atoms with Crippen molar-refractivity contribution in [3.05, 3.63) is 72.2 Å². The number of aromatic nitrogens is 4. The molecule has 0 aliphatic rings. The fraction of sp³-hybridized carbons (Fsp3) is 0.150. The lowest BCUT2D eigenvalue weighted by molar-refractivity contribution is 0.782. The number of nitrogens with two attached hydrogens (primary N) is 1. The second-order valence-electron chi connectivity index (χ2n) is 6.20. The highest BCUT2D eigenvalue weighted by Crippen LogP contribution is 2.25. The van der Waals surface area contributed by atoms with Gasteiger partial charge in [-0.15, -0.1) is 0 Å². The Labute approximate surface area is 146 Å². The number of hydrogen-bond donors (Lipinski definition) is 1. The van der Waals surface area contributed by atoms with Gasteiger partial charge in [-0.3, -0.25) is 4.98 Å². The van der Waals surface area contributed by atoms with Crippen LogP contribution in [0, 0.1) is 6.92 Å². The van der Waals surface area contributed by atoms with Gasteiger partial charge in [-0.2, -0.15) is 5.10 Å². The number of nitrogens with zero attached hydrogens (tertiary/aromatic N) is 4. The molecule has 1 atom stereocenters. The molecule has 5 heteroatoms. The van der Waals surface area contributed by atoms with Gasteiger partial charge >= 0.3 is 0 Å². The Morgan fingerprint density at radius 1 is 1.00 bits per heavy atom. The summed E-state index contributed by atoms with van der Waals surface area (Å²) >= 11 is 0. The van der Waals surface area contributed by atoms with Gasteiger partial charge in [0.05, 0.1) is 23.1 Å². The van der Waals surface area contributed by atoms with Gasteiger partial charge in [0.1, 0.15) is 0 Å². The minimum absolute atomic E-state index is 0.0919. The zero-order chi connectivity index (χ0) is 17.4. The quantitative estimate of drug-likeness (QED) is 0.620. The molecule has 3 heterocycles. The summed E-state index contributed by atoms with van der Waals surface area (Å²) in [7, 11) is 0. The van der Waals surface area contributed by atoms with Gasteiger partial charge in [0, 0.05) is 22.7 Å². The molecule has 0 saturated heterocycles. The normalized spacial score (nSPS) is 12.4. The number of aryl methyl sites for hydroxylation is 1. The highest BCUT2D eigenvalue weighted by molar-refractivity contribution is 5.84. The summed E-state index contributed by atoms with van der Waals surface area (Å²) in [4.78, 5) is 9.25. The summed E-state index contributed by atoms with van der Waals surface area (Å²) in [5.41, 5.74) is 10.7. The van der Waals surface area contributed by atoms with Crippen molar-refractivity contribution in [2.45, 2.75) is 19.9 Å². The van der Waals surface area contributed by atoms with E-state index in [-0.39, 0.29) is 6.04 Å². The highest BCUT2D eigenvalue weighted by Gasteiger charge is 2.10. The minimum atomic E-state index is -0.0919. The molecule has 0 amide bonds. The predicted octanol–water partition coefficient (Wildman–Crippen LogP) is 3.81. The molecule has 2 N–H and O–H groups in total. The van der Waals surface area contributed by atoms with Gasteiger partial charge < -0.3 is 5.73 Å². The molecule has 0 bridgehead atoms. The Balaban J connectivity index is 1.85. The predicted molar refractivity (Wildman–Crippen MR) is 99.4 cm³/mol. The Bertz CT molecular complexity index is 1050. The van der Waals surface area contributed by atoms with E-state index in [4.69, 9.17) is 5.73 Å². The van der Waals surface area contributed by atoms with E-state index in [1.165, 1.54) is 0 Å². The molecule has 0 aliphatic carbocycles. The van der Waals surface area contributed by atoms with Crippen LogP contribution >= 0.6 is 0 Å². The van der Waals surface area contributed by atoms with Crippen LogP contribution in [0.25, 0.3) is 28.0 Å². The fourth-order valence-corrected chi connectivity index (χ4v) is 2.87. The molecule has 5 nitrogen and oxygen atoms in total. The van der Waals surface area contributed by atoms with Crippen LogP contribution < -0.4 is 5.73 Å². The number of fused-ring (bicyclic) bond motifs is 1. The van der Waals surface area contributed by atoms with Gasteiger partial charge in [0.25, 0.3) is 0 Å². The molecule has 1 aromatic carbocycles. The number of benzene rings is 1. The number of pyridine rings is 2. The van der Waals surface area contributed by atoms with Crippen LogP contribution in [-0.4, -0.2) is 19.7 Å². The lowest BCUT2D eigenvalue weighted by Gasteiger charge is -2.08. The van der Waals surface area contributed by atoms with Crippen molar-refractivity contribution in [2.24, 2.45) is 5.73 Å². The van der Waals surface area contributed by atoms with Gasteiger partial charge in [0.2, 0.25) is 0 Å². The molecule has 4 rings (SSSR count). The van der Waals surface area contributed by atoms with E-state index in [9.17, 15) is 0 Å². The highest BCUT2D eigenvalue weighted by atomic mass is 15.3. The Hall–Kier alpha value is -3.05. The number of hydrogen-bond acceptors (Lipinski definition) is 4. The van der Waals surface area contributed by atoms with Crippen molar-refractivity contribution in [1.29, 1.82) is 0 Å². The molecule has 0 fully saturated rings. The summed E-state index contributed by atoms with van der Waals surface area (Å²) in [6.07, 6.45) is 1.86. The molecule has 0 radical (unpaired) electrons. The Morgan fingerprint density at radius 2 is 1.84 bits per heavy atom. The summed E-state index contributed by atoms with van der Waals surface area (Å²) in [6, 6.07) is 18.0. The van der Waals surface area contributed by atoms with Gasteiger partial charge in [0.15, 0.2) is 5.82 Å². The minimum Gasteiger partial charge on any atom is -0.323 e. The van der Waals surface area contributed by atoms with Crippen molar-refractivity contribution in [3.8, 4) is 17.1 Å². The van der Waals surface area contributed by atoms with Crippen molar-refractivity contribution in [1.82, 2.24) is 19.7 Å². The molecule has 0 aliphatic heterocycles. The molecule has 1 unspecified atom stereocenters. The zero-order valence-corrected chi connectivity index (χ0v) is 14.2.